The van der Waals surface area contributed by atoms with Crippen LogP contribution in [-0.2, 0) is 11.3 Å². The molecule has 0 aromatic heterocycles. The summed E-state index contributed by atoms with van der Waals surface area (Å²) in [5.74, 6) is 1.07. The Morgan fingerprint density at radius 3 is 2.58 bits per heavy atom. The van der Waals surface area contributed by atoms with Gasteiger partial charge in [-0.3, -0.25) is 9.69 Å². The molecule has 3 rings (SSSR count). The lowest BCUT2D eigenvalue weighted by Gasteiger charge is -2.16. The zero-order valence-electron chi connectivity index (χ0n) is 14.9. The average Bonchev–Trinajstić information content (AvgIpc) is 3.01. The number of carbonyl (C=O) groups excluding carboxylic acids is 1. The number of amides is 1. The number of rotatable bonds is 6. The molecule has 1 aliphatic heterocycles. The maximum absolute atomic E-state index is 12.3. The lowest BCUT2D eigenvalue weighted by Crippen LogP contribution is -2.37. The van der Waals surface area contributed by atoms with E-state index < -0.39 is 0 Å². The summed E-state index contributed by atoms with van der Waals surface area (Å²) in [7, 11) is 1.63. The first kappa shape index (κ1) is 20.2. The molecule has 26 heavy (non-hydrogen) atoms. The van der Waals surface area contributed by atoms with Crippen molar-refractivity contribution in [2.24, 2.45) is 5.73 Å². The fraction of sp³-hybridized carbons (Fsp3) is 0.350. The predicted molar refractivity (Wildman–Crippen MR) is 106 cm³/mol. The first-order valence-electron chi connectivity index (χ1n) is 8.59. The second-order valence-corrected chi connectivity index (χ2v) is 6.46. The highest BCUT2D eigenvalue weighted by molar-refractivity contribution is 5.85. The van der Waals surface area contributed by atoms with Crippen LogP contribution in [-0.4, -0.2) is 43.6 Å². The Bertz CT molecular complexity index is 711. The van der Waals surface area contributed by atoms with Crippen molar-refractivity contribution in [1.82, 2.24) is 10.2 Å². The average molecular weight is 376 g/mol. The van der Waals surface area contributed by atoms with Crippen molar-refractivity contribution in [2.75, 3.05) is 26.7 Å². The molecule has 1 heterocycles. The first-order chi connectivity index (χ1) is 12.2. The largest absolute Gasteiger partial charge is 0.496 e. The highest BCUT2D eigenvalue weighted by atomic mass is 35.5. The van der Waals surface area contributed by atoms with Gasteiger partial charge in [0, 0.05) is 37.2 Å². The standard InChI is InChI=1S/C20H25N3O2.ClH/c1-25-19-10-6-5-9-16(19)11-22-20(24)14-23-12-17(18(21)13-23)15-7-3-2-4-8-15;/h2-10,17-18H,11-14,21H2,1H3,(H,22,24);1H/t17-,18+;/m0./s1. The lowest BCUT2D eigenvalue weighted by molar-refractivity contribution is -0.122. The number of halogens is 1. The van der Waals surface area contributed by atoms with Gasteiger partial charge in [-0.05, 0) is 11.6 Å². The molecule has 0 radical (unpaired) electrons. The third kappa shape index (κ3) is 4.97. The van der Waals surface area contributed by atoms with E-state index in [2.05, 4.69) is 22.3 Å². The Labute approximate surface area is 160 Å². The van der Waals surface area contributed by atoms with Crippen molar-refractivity contribution >= 4 is 18.3 Å². The van der Waals surface area contributed by atoms with Gasteiger partial charge in [-0.25, -0.2) is 0 Å². The van der Waals surface area contributed by atoms with Gasteiger partial charge in [-0.2, -0.15) is 0 Å². The summed E-state index contributed by atoms with van der Waals surface area (Å²) in [6.07, 6.45) is 0. The second-order valence-electron chi connectivity index (χ2n) is 6.46. The number of hydrogen-bond acceptors (Lipinski definition) is 4. The minimum absolute atomic E-state index is 0. The molecule has 0 saturated carbocycles. The van der Waals surface area contributed by atoms with Gasteiger partial charge in [0.1, 0.15) is 5.75 Å². The van der Waals surface area contributed by atoms with Crippen LogP contribution in [0, 0.1) is 0 Å². The topological polar surface area (TPSA) is 67.6 Å². The van der Waals surface area contributed by atoms with Crippen LogP contribution in [0.15, 0.2) is 54.6 Å². The number of para-hydroxylation sites is 1. The molecule has 1 saturated heterocycles. The van der Waals surface area contributed by atoms with Crippen LogP contribution in [0.1, 0.15) is 17.0 Å². The maximum Gasteiger partial charge on any atom is 0.234 e. The number of nitrogens with two attached hydrogens (primary N) is 1. The quantitative estimate of drug-likeness (QED) is 0.811. The molecule has 0 unspecified atom stereocenters. The van der Waals surface area contributed by atoms with Crippen LogP contribution in [0.2, 0.25) is 0 Å². The Morgan fingerprint density at radius 2 is 1.85 bits per heavy atom. The van der Waals surface area contributed by atoms with E-state index in [1.807, 2.05) is 42.5 Å². The molecule has 6 heteroatoms. The van der Waals surface area contributed by atoms with Crippen LogP contribution < -0.4 is 15.8 Å². The number of nitrogens with one attached hydrogen (secondary N) is 1. The van der Waals surface area contributed by atoms with E-state index in [0.717, 1.165) is 24.4 Å². The number of likely N-dealkylation sites (tertiary alicyclic amines) is 1. The summed E-state index contributed by atoms with van der Waals surface area (Å²) in [4.78, 5) is 14.4. The normalized spacial score (nSPS) is 19.6. The van der Waals surface area contributed by atoms with Crippen LogP contribution in [0.5, 0.6) is 5.75 Å². The molecule has 1 aliphatic rings. The van der Waals surface area contributed by atoms with Crippen molar-refractivity contribution in [2.45, 2.75) is 18.5 Å². The van der Waals surface area contributed by atoms with Crippen molar-refractivity contribution in [3.63, 3.8) is 0 Å². The molecule has 0 spiro atoms. The molecule has 5 nitrogen and oxygen atoms in total. The van der Waals surface area contributed by atoms with Crippen molar-refractivity contribution in [3.05, 3.63) is 65.7 Å². The van der Waals surface area contributed by atoms with Crippen molar-refractivity contribution in [1.29, 1.82) is 0 Å². The SMILES string of the molecule is COc1ccccc1CNC(=O)CN1C[C@@H](N)[C@H](c2ccccc2)C1.Cl. The van der Waals surface area contributed by atoms with Crippen LogP contribution >= 0.6 is 12.4 Å². The first-order valence-corrected chi connectivity index (χ1v) is 8.59. The molecule has 2 atom stereocenters. The van der Waals surface area contributed by atoms with E-state index in [1.165, 1.54) is 5.56 Å². The Hall–Kier alpha value is -2.08. The zero-order chi connectivity index (χ0) is 17.6. The Kier molecular flexibility index (Phi) is 7.45. The van der Waals surface area contributed by atoms with E-state index in [4.69, 9.17) is 10.5 Å². The van der Waals surface area contributed by atoms with Crippen LogP contribution in [0.4, 0.5) is 0 Å². The van der Waals surface area contributed by atoms with Gasteiger partial charge in [0.05, 0.1) is 13.7 Å². The third-order valence-electron chi connectivity index (χ3n) is 4.70. The molecular formula is C20H26ClN3O2. The van der Waals surface area contributed by atoms with Gasteiger partial charge in [0.2, 0.25) is 5.91 Å². The Balaban J connectivity index is 0.00000243. The van der Waals surface area contributed by atoms with E-state index >= 15 is 0 Å². The van der Waals surface area contributed by atoms with Crippen molar-refractivity contribution < 1.29 is 9.53 Å². The van der Waals surface area contributed by atoms with E-state index in [1.54, 1.807) is 7.11 Å². The monoisotopic (exact) mass is 375 g/mol. The molecule has 1 amide bonds. The van der Waals surface area contributed by atoms with E-state index in [0.29, 0.717) is 13.1 Å². The van der Waals surface area contributed by atoms with E-state index in [9.17, 15) is 4.79 Å². The summed E-state index contributed by atoms with van der Waals surface area (Å²) >= 11 is 0. The molecule has 140 valence electrons. The molecule has 2 aromatic rings. The lowest BCUT2D eigenvalue weighted by atomic mass is 9.95. The summed E-state index contributed by atoms with van der Waals surface area (Å²) in [6, 6.07) is 18.0. The number of ether oxygens (including phenoxy) is 1. The highest BCUT2D eigenvalue weighted by Gasteiger charge is 2.31. The van der Waals surface area contributed by atoms with Gasteiger partial charge < -0.3 is 15.8 Å². The van der Waals surface area contributed by atoms with Gasteiger partial charge in [-0.1, -0.05) is 48.5 Å². The van der Waals surface area contributed by atoms with Crippen LogP contribution in [0.3, 0.4) is 0 Å². The van der Waals surface area contributed by atoms with Gasteiger partial charge in [-0.15, -0.1) is 12.4 Å². The van der Waals surface area contributed by atoms with Crippen molar-refractivity contribution in [3.8, 4) is 5.75 Å². The molecular weight excluding hydrogens is 350 g/mol. The summed E-state index contributed by atoms with van der Waals surface area (Å²) in [6.45, 7) is 2.38. The van der Waals surface area contributed by atoms with Gasteiger partial charge >= 0.3 is 0 Å². The molecule has 0 aliphatic carbocycles. The Morgan fingerprint density at radius 1 is 1.15 bits per heavy atom. The van der Waals surface area contributed by atoms with Gasteiger partial charge in [0.25, 0.3) is 0 Å². The maximum atomic E-state index is 12.3. The summed E-state index contributed by atoms with van der Waals surface area (Å²) in [5.41, 5.74) is 8.50. The molecule has 3 N–H and O–H groups in total. The minimum Gasteiger partial charge on any atom is -0.496 e. The smallest absolute Gasteiger partial charge is 0.234 e. The van der Waals surface area contributed by atoms with Gasteiger partial charge in [0.15, 0.2) is 0 Å². The number of methoxy groups -OCH3 is 1. The fourth-order valence-electron chi connectivity index (χ4n) is 3.40. The fourth-order valence-corrected chi connectivity index (χ4v) is 3.40. The number of nitrogens with zero attached hydrogens (tertiary/aromatic N) is 1. The third-order valence-corrected chi connectivity index (χ3v) is 4.70. The number of carbonyl (C=O) groups is 1. The molecule has 2 aromatic carbocycles. The minimum atomic E-state index is 0. The molecule has 0 bridgehead atoms. The summed E-state index contributed by atoms with van der Waals surface area (Å²) in [5, 5.41) is 2.97. The number of hydrogen-bond donors (Lipinski definition) is 2. The molecule has 1 fully saturated rings. The summed E-state index contributed by atoms with van der Waals surface area (Å²) < 4.78 is 5.31. The second kappa shape index (κ2) is 9.57. The predicted octanol–water partition coefficient (Wildman–Crippen LogP) is 2.16. The number of benzene rings is 2. The highest BCUT2D eigenvalue weighted by Crippen LogP contribution is 2.26. The van der Waals surface area contributed by atoms with Crippen LogP contribution in [0.25, 0.3) is 0 Å². The van der Waals surface area contributed by atoms with E-state index in [-0.39, 0.29) is 30.3 Å². The zero-order valence-corrected chi connectivity index (χ0v) is 15.7.